The molecule has 3 unspecified atom stereocenters. The number of aliphatic hydroxyl groups excluding tert-OH is 1. The fraction of sp³-hybridized carbons (Fsp3) is 0.400. The van der Waals surface area contributed by atoms with Crippen LogP contribution in [0.1, 0.15) is 49.0 Å². The third-order valence-corrected chi connectivity index (χ3v) is 5.02. The second-order valence-electron chi connectivity index (χ2n) is 7.42. The molecule has 1 aliphatic carbocycles. The number of rotatable bonds is 2. The van der Waals surface area contributed by atoms with Gasteiger partial charge in [-0.05, 0) is 31.0 Å². The molecule has 0 aromatic heterocycles. The number of hydrogen-bond donors (Lipinski definition) is 2. The van der Waals surface area contributed by atoms with Crippen LogP contribution in [0.25, 0.3) is 0 Å². The molecule has 2 aromatic carbocycles. The van der Waals surface area contributed by atoms with E-state index in [9.17, 15) is 9.50 Å². The van der Waals surface area contributed by atoms with Gasteiger partial charge in [0.1, 0.15) is 17.2 Å². The van der Waals surface area contributed by atoms with Crippen molar-refractivity contribution in [1.82, 2.24) is 5.32 Å². The molecule has 0 saturated heterocycles. The predicted octanol–water partition coefficient (Wildman–Crippen LogP) is 3.68. The summed E-state index contributed by atoms with van der Waals surface area (Å²) in [4.78, 5) is 0. The molecule has 2 aromatic rings. The van der Waals surface area contributed by atoms with Crippen LogP contribution in [0.3, 0.4) is 0 Å². The Kier molecular flexibility index (Phi) is 3.62. The van der Waals surface area contributed by atoms with Crippen LogP contribution in [0.5, 0.6) is 5.75 Å². The second-order valence-corrected chi connectivity index (χ2v) is 7.42. The molecule has 126 valence electrons. The molecule has 0 radical (unpaired) electrons. The number of aliphatic hydroxyl groups is 1. The second kappa shape index (κ2) is 5.57. The molecule has 1 heterocycles. The molecule has 0 fully saturated rings. The highest BCUT2D eigenvalue weighted by atomic mass is 19.1. The zero-order chi connectivity index (χ0) is 16.9. The van der Waals surface area contributed by atoms with Crippen molar-refractivity contribution in [3.05, 3.63) is 65.0 Å². The number of benzene rings is 2. The summed E-state index contributed by atoms with van der Waals surface area (Å²) in [6.45, 7) is 4.02. The van der Waals surface area contributed by atoms with E-state index in [0.29, 0.717) is 12.2 Å². The van der Waals surface area contributed by atoms with Crippen molar-refractivity contribution < 1.29 is 14.2 Å². The molecule has 1 aliphatic heterocycles. The van der Waals surface area contributed by atoms with Gasteiger partial charge in [-0.1, -0.05) is 30.3 Å². The molecule has 3 atom stereocenters. The minimum atomic E-state index is -0.447. The first-order valence-electron chi connectivity index (χ1n) is 8.43. The summed E-state index contributed by atoms with van der Waals surface area (Å²) in [7, 11) is 0. The van der Waals surface area contributed by atoms with E-state index in [1.54, 1.807) is 6.07 Å². The normalized spacial score (nSPS) is 27.2. The van der Waals surface area contributed by atoms with Gasteiger partial charge in [-0.15, -0.1) is 0 Å². The average Bonchev–Trinajstić information content (AvgIpc) is 2.82. The zero-order valence-corrected chi connectivity index (χ0v) is 13.9. The lowest BCUT2D eigenvalue weighted by molar-refractivity contribution is 0.0548. The Balaban J connectivity index is 1.68. The van der Waals surface area contributed by atoms with Gasteiger partial charge in [-0.25, -0.2) is 4.39 Å². The van der Waals surface area contributed by atoms with Gasteiger partial charge in [-0.2, -0.15) is 0 Å². The van der Waals surface area contributed by atoms with Crippen LogP contribution in [0.15, 0.2) is 42.5 Å². The maximum Gasteiger partial charge on any atom is 0.127 e. The van der Waals surface area contributed by atoms with Crippen LogP contribution < -0.4 is 10.1 Å². The molecule has 4 rings (SSSR count). The lowest BCUT2D eigenvalue weighted by Crippen LogP contribution is -2.42. The zero-order valence-electron chi connectivity index (χ0n) is 13.9. The van der Waals surface area contributed by atoms with E-state index in [1.807, 2.05) is 26.0 Å². The van der Waals surface area contributed by atoms with E-state index in [4.69, 9.17) is 4.74 Å². The minimum absolute atomic E-state index is 0.00940. The van der Waals surface area contributed by atoms with Crippen molar-refractivity contribution in [1.29, 1.82) is 0 Å². The van der Waals surface area contributed by atoms with Crippen LogP contribution in [-0.2, 0) is 6.42 Å². The van der Waals surface area contributed by atoms with Gasteiger partial charge < -0.3 is 15.2 Å². The van der Waals surface area contributed by atoms with Gasteiger partial charge in [0.2, 0.25) is 0 Å². The van der Waals surface area contributed by atoms with Crippen LogP contribution in [0.2, 0.25) is 0 Å². The van der Waals surface area contributed by atoms with Crippen LogP contribution in [0.4, 0.5) is 4.39 Å². The van der Waals surface area contributed by atoms with E-state index in [-0.39, 0.29) is 23.5 Å². The van der Waals surface area contributed by atoms with Gasteiger partial charge in [0.05, 0.1) is 12.1 Å². The van der Waals surface area contributed by atoms with Crippen molar-refractivity contribution in [2.24, 2.45) is 0 Å². The fourth-order valence-corrected chi connectivity index (χ4v) is 3.97. The Morgan fingerprint density at radius 2 is 1.96 bits per heavy atom. The third-order valence-electron chi connectivity index (χ3n) is 5.02. The van der Waals surface area contributed by atoms with Gasteiger partial charge >= 0.3 is 0 Å². The molecule has 0 spiro atoms. The monoisotopic (exact) mass is 327 g/mol. The van der Waals surface area contributed by atoms with Crippen molar-refractivity contribution in [3.63, 3.8) is 0 Å². The maximum atomic E-state index is 13.6. The first-order valence-corrected chi connectivity index (χ1v) is 8.43. The van der Waals surface area contributed by atoms with Crippen molar-refractivity contribution >= 4 is 0 Å². The predicted molar refractivity (Wildman–Crippen MR) is 90.5 cm³/mol. The lowest BCUT2D eigenvalue weighted by atomic mass is 9.88. The summed E-state index contributed by atoms with van der Waals surface area (Å²) in [5, 5.41) is 14.1. The molecule has 3 nitrogen and oxygen atoms in total. The fourth-order valence-electron chi connectivity index (χ4n) is 3.97. The van der Waals surface area contributed by atoms with Crippen molar-refractivity contribution in [3.8, 4) is 5.75 Å². The van der Waals surface area contributed by atoms with Gasteiger partial charge in [0, 0.05) is 30.5 Å². The molecular formula is C20H22FNO2. The molecule has 2 aliphatic rings. The summed E-state index contributed by atoms with van der Waals surface area (Å²) in [5.74, 6) is 0.293. The van der Waals surface area contributed by atoms with E-state index in [2.05, 4.69) is 17.4 Å². The number of hydrogen-bond acceptors (Lipinski definition) is 3. The van der Waals surface area contributed by atoms with Gasteiger partial charge in [-0.3, -0.25) is 0 Å². The molecule has 24 heavy (non-hydrogen) atoms. The van der Waals surface area contributed by atoms with E-state index in [1.165, 1.54) is 17.7 Å². The van der Waals surface area contributed by atoms with E-state index in [0.717, 1.165) is 17.5 Å². The van der Waals surface area contributed by atoms with Crippen LogP contribution >= 0.6 is 0 Å². The molecule has 0 amide bonds. The topological polar surface area (TPSA) is 41.5 Å². The van der Waals surface area contributed by atoms with Crippen LogP contribution in [0, 0.1) is 5.82 Å². The standard InChI is InChI=1S/C20H22FNO2/c1-20(2)11-16(15-8-7-13(21)10-18(15)24-20)22-19-14-6-4-3-5-12(14)9-17(19)23/h3-8,10,16-17,19,22-23H,9,11H2,1-2H3. The average molecular weight is 327 g/mol. The summed E-state index contributed by atoms with van der Waals surface area (Å²) < 4.78 is 19.5. The molecule has 0 bridgehead atoms. The number of halogens is 1. The van der Waals surface area contributed by atoms with Crippen molar-refractivity contribution in [2.45, 2.75) is 50.5 Å². The van der Waals surface area contributed by atoms with Crippen molar-refractivity contribution in [2.75, 3.05) is 0 Å². The maximum absolute atomic E-state index is 13.6. The molecular weight excluding hydrogens is 305 g/mol. The molecule has 4 heteroatoms. The Labute approximate surface area is 141 Å². The number of ether oxygens (including phenoxy) is 1. The Bertz CT molecular complexity index is 774. The van der Waals surface area contributed by atoms with E-state index >= 15 is 0 Å². The molecule has 2 N–H and O–H groups in total. The lowest BCUT2D eigenvalue weighted by Gasteiger charge is -2.39. The smallest absolute Gasteiger partial charge is 0.127 e. The summed E-state index contributed by atoms with van der Waals surface area (Å²) in [5.41, 5.74) is 2.90. The number of nitrogens with one attached hydrogen (secondary N) is 1. The largest absolute Gasteiger partial charge is 0.487 e. The van der Waals surface area contributed by atoms with Crippen LogP contribution in [-0.4, -0.2) is 16.8 Å². The Morgan fingerprint density at radius 1 is 1.17 bits per heavy atom. The highest BCUT2D eigenvalue weighted by Gasteiger charge is 2.38. The van der Waals surface area contributed by atoms with E-state index < -0.39 is 6.10 Å². The highest BCUT2D eigenvalue weighted by molar-refractivity contribution is 5.41. The Morgan fingerprint density at radius 3 is 2.79 bits per heavy atom. The number of fused-ring (bicyclic) bond motifs is 2. The third kappa shape index (κ3) is 2.70. The highest BCUT2D eigenvalue weighted by Crippen LogP contribution is 2.42. The first kappa shape index (κ1) is 15.6. The minimum Gasteiger partial charge on any atom is -0.487 e. The SMILES string of the molecule is CC1(C)CC(NC2c3ccccc3CC2O)c2ccc(F)cc2O1. The summed E-state index contributed by atoms with van der Waals surface area (Å²) >= 11 is 0. The molecule has 0 saturated carbocycles. The quantitative estimate of drug-likeness (QED) is 0.884. The Hall–Kier alpha value is -1.91. The summed E-state index contributed by atoms with van der Waals surface area (Å²) in [6, 6.07) is 12.7. The van der Waals surface area contributed by atoms with Gasteiger partial charge in [0.15, 0.2) is 0 Å². The first-order chi connectivity index (χ1) is 11.4. The van der Waals surface area contributed by atoms with Gasteiger partial charge in [0.25, 0.3) is 0 Å². The summed E-state index contributed by atoms with van der Waals surface area (Å²) in [6.07, 6.45) is 0.977.